The number of carbonyl (C=O) groups is 1. The van der Waals surface area contributed by atoms with Crippen LogP contribution in [0.1, 0.15) is 53.0 Å². The van der Waals surface area contributed by atoms with Crippen molar-refractivity contribution < 1.29 is 26.4 Å². The molecule has 2 fully saturated rings. The third-order valence-electron chi connectivity index (χ3n) is 6.13. The molecule has 1 saturated carbocycles. The zero-order valence-electron chi connectivity index (χ0n) is 17.9. The van der Waals surface area contributed by atoms with Crippen LogP contribution in [0.15, 0.2) is 29.4 Å². The molecule has 0 radical (unpaired) electrons. The summed E-state index contributed by atoms with van der Waals surface area (Å²) < 4.78 is 66.8. The quantitative estimate of drug-likeness (QED) is 0.681. The van der Waals surface area contributed by atoms with Gasteiger partial charge in [-0.1, -0.05) is 0 Å². The van der Waals surface area contributed by atoms with E-state index in [0.717, 1.165) is 18.3 Å². The summed E-state index contributed by atoms with van der Waals surface area (Å²) in [5.74, 6) is -0.624. The number of halogens is 3. The molecule has 0 bridgehead atoms. The van der Waals surface area contributed by atoms with Crippen molar-refractivity contribution in [1.29, 1.82) is 5.26 Å². The van der Waals surface area contributed by atoms with Gasteiger partial charge in [-0.25, -0.2) is 13.1 Å². The highest BCUT2D eigenvalue weighted by Gasteiger charge is 2.43. The van der Waals surface area contributed by atoms with E-state index < -0.39 is 33.2 Å². The van der Waals surface area contributed by atoms with Gasteiger partial charge in [0.1, 0.15) is 5.03 Å². The number of H-pyrrole nitrogens is 1. The van der Waals surface area contributed by atoms with Gasteiger partial charge in [0.2, 0.25) is 0 Å². The van der Waals surface area contributed by atoms with Crippen molar-refractivity contribution in [3.05, 3.63) is 46.9 Å². The highest BCUT2D eigenvalue weighted by molar-refractivity contribution is 7.89. The maximum atomic E-state index is 12.9. The third kappa shape index (κ3) is 4.47. The third-order valence-corrected chi connectivity index (χ3v) is 7.58. The van der Waals surface area contributed by atoms with E-state index in [-0.39, 0.29) is 41.2 Å². The molecular formula is C21H22F3N5O3S. The summed E-state index contributed by atoms with van der Waals surface area (Å²) in [6.45, 7) is 3.90. The first-order valence-electron chi connectivity index (χ1n) is 10.3. The number of aromatic amines is 1. The summed E-state index contributed by atoms with van der Waals surface area (Å²) >= 11 is 0. The van der Waals surface area contributed by atoms with Crippen molar-refractivity contribution in [2.75, 3.05) is 13.1 Å². The van der Waals surface area contributed by atoms with Crippen molar-refractivity contribution in [3.63, 3.8) is 0 Å². The Morgan fingerprint density at radius 1 is 1.33 bits per heavy atom. The van der Waals surface area contributed by atoms with E-state index >= 15 is 0 Å². The van der Waals surface area contributed by atoms with Gasteiger partial charge in [-0.2, -0.15) is 18.4 Å². The average Bonchev–Trinajstić information content (AvgIpc) is 3.09. The number of likely N-dealkylation sites (tertiary alicyclic amines) is 1. The van der Waals surface area contributed by atoms with Gasteiger partial charge in [-0.05, 0) is 44.9 Å². The number of carbonyl (C=O) groups excluding carboxylic acids is 1. The van der Waals surface area contributed by atoms with Gasteiger partial charge in [-0.15, -0.1) is 0 Å². The normalized spacial score (nSPS) is 22.2. The van der Waals surface area contributed by atoms with Crippen LogP contribution in [0.4, 0.5) is 13.2 Å². The molecule has 0 aromatic carbocycles. The van der Waals surface area contributed by atoms with Gasteiger partial charge in [0.15, 0.2) is 0 Å². The van der Waals surface area contributed by atoms with Gasteiger partial charge in [0.05, 0.1) is 22.6 Å². The number of amides is 1. The number of rotatable bonds is 5. The molecule has 0 unspecified atom stereocenters. The maximum Gasteiger partial charge on any atom is 0.416 e. The molecule has 1 aliphatic heterocycles. The molecule has 2 aromatic rings. The molecule has 1 saturated heterocycles. The van der Waals surface area contributed by atoms with Crippen LogP contribution in [0, 0.1) is 23.7 Å². The van der Waals surface area contributed by atoms with E-state index in [1.165, 1.54) is 11.0 Å². The van der Waals surface area contributed by atoms with Gasteiger partial charge in [0, 0.05) is 42.6 Å². The first-order valence-corrected chi connectivity index (χ1v) is 11.8. The molecule has 0 atom stereocenters. The van der Waals surface area contributed by atoms with Crippen LogP contribution in [0.2, 0.25) is 0 Å². The molecule has 3 heterocycles. The van der Waals surface area contributed by atoms with Crippen molar-refractivity contribution in [3.8, 4) is 6.07 Å². The van der Waals surface area contributed by atoms with E-state index in [1.54, 1.807) is 13.8 Å². The number of sulfonamides is 1. The van der Waals surface area contributed by atoms with Crippen LogP contribution >= 0.6 is 0 Å². The average molecular weight is 482 g/mol. The van der Waals surface area contributed by atoms with E-state index in [1.807, 2.05) is 0 Å². The lowest BCUT2D eigenvalue weighted by atomic mass is 9.78. The number of hydrogen-bond acceptors (Lipinski definition) is 5. The Kier molecular flexibility index (Phi) is 5.53. The fraction of sp³-hybridized carbons (Fsp3) is 0.476. The van der Waals surface area contributed by atoms with Crippen molar-refractivity contribution in [2.45, 2.75) is 49.9 Å². The molecule has 12 heteroatoms. The number of pyridine rings is 1. The summed E-state index contributed by atoms with van der Waals surface area (Å²) in [6.07, 6.45) is -2.72. The molecular weight excluding hydrogens is 459 g/mol. The van der Waals surface area contributed by atoms with Crippen molar-refractivity contribution >= 4 is 15.9 Å². The first-order chi connectivity index (χ1) is 15.3. The minimum absolute atomic E-state index is 0.160. The highest BCUT2D eigenvalue weighted by Crippen LogP contribution is 2.39. The lowest BCUT2D eigenvalue weighted by Crippen LogP contribution is -2.56. The van der Waals surface area contributed by atoms with E-state index in [0.29, 0.717) is 18.5 Å². The maximum absolute atomic E-state index is 12.9. The van der Waals surface area contributed by atoms with Crippen molar-refractivity contribution in [1.82, 2.24) is 19.6 Å². The Balaban J connectivity index is 1.39. The molecule has 0 spiro atoms. The lowest BCUT2D eigenvalue weighted by molar-refractivity contribution is -0.137. The fourth-order valence-corrected chi connectivity index (χ4v) is 5.48. The molecule has 4 rings (SSSR count). The largest absolute Gasteiger partial charge is 0.416 e. The van der Waals surface area contributed by atoms with Gasteiger partial charge < -0.3 is 9.88 Å². The topological polar surface area (TPSA) is 119 Å². The van der Waals surface area contributed by atoms with E-state index in [9.17, 15) is 26.4 Å². The smallest absolute Gasteiger partial charge is 0.348 e. The lowest BCUT2D eigenvalue weighted by Gasteiger charge is -2.43. The SMILES string of the molecule is Cc1[nH]c(S(=O)(=O)NC2CC(c3cc(C(F)(F)F)ccn3)C2)cc1C(=O)N1CC(C)(C#N)C1. The molecule has 2 aliphatic rings. The van der Waals surface area contributed by atoms with Crippen LogP contribution < -0.4 is 4.72 Å². The molecule has 2 N–H and O–H groups in total. The first kappa shape index (κ1) is 23.3. The zero-order chi connectivity index (χ0) is 24.2. The van der Waals surface area contributed by atoms with Crippen LogP contribution in [0.5, 0.6) is 0 Å². The second-order valence-electron chi connectivity index (χ2n) is 8.96. The Labute approximate surface area is 188 Å². The summed E-state index contributed by atoms with van der Waals surface area (Å²) in [6, 6.07) is 4.86. The molecule has 176 valence electrons. The highest BCUT2D eigenvalue weighted by atomic mass is 32.2. The number of nitrogens with zero attached hydrogens (tertiary/aromatic N) is 3. The monoisotopic (exact) mass is 481 g/mol. The zero-order valence-corrected chi connectivity index (χ0v) is 18.7. The van der Waals surface area contributed by atoms with E-state index in [4.69, 9.17) is 5.26 Å². The molecule has 8 nitrogen and oxygen atoms in total. The number of alkyl halides is 3. The van der Waals surface area contributed by atoms with E-state index in [2.05, 4.69) is 20.8 Å². The summed E-state index contributed by atoms with van der Waals surface area (Å²) in [4.78, 5) is 20.9. The van der Waals surface area contributed by atoms with Crippen LogP contribution in [-0.4, -0.2) is 48.3 Å². The summed E-state index contributed by atoms with van der Waals surface area (Å²) in [5.41, 5.74) is -0.484. The second-order valence-corrected chi connectivity index (χ2v) is 10.6. The predicted octanol–water partition coefficient (Wildman–Crippen LogP) is 2.95. The Bertz CT molecular complexity index is 1240. The Morgan fingerprint density at radius 2 is 2.00 bits per heavy atom. The minimum atomic E-state index is -4.47. The summed E-state index contributed by atoms with van der Waals surface area (Å²) in [7, 11) is -3.96. The minimum Gasteiger partial charge on any atom is -0.348 e. The molecule has 33 heavy (non-hydrogen) atoms. The Hall–Kier alpha value is -2.91. The molecule has 1 aliphatic carbocycles. The van der Waals surface area contributed by atoms with Gasteiger partial charge in [0.25, 0.3) is 15.9 Å². The second kappa shape index (κ2) is 7.85. The number of nitrogens with one attached hydrogen (secondary N) is 2. The molecule has 1 amide bonds. The van der Waals surface area contributed by atoms with Gasteiger partial charge >= 0.3 is 6.18 Å². The van der Waals surface area contributed by atoms with Crippen molar-refractivity contribution in [2.24, 2.45) is 5.41 Å². The number of hydrogen-bond donors (Lipinski definition) is 2. The van der Waals surface area contributed by atoms with Crippen LogP contribution in [-0.2, 0) is 16.2 Å². The predicted molar refractivity (Wildman–Crippen MR) is 110 cm³/mol. The van der Waals surface area contributed by atoms with Gasteiger partial charge in [-0.3, -0.25) is 9.78 Å². The summed E-state index contributed by atoms with van der Waals surface area (Å²) in [5, 5.41) is 8.94. The number of nitriles is 1. The number of aromatic nitrogens is 2. The Morgan fingerprint density at radius 3 is 2.61 bits per heavy atom. The van der Waals surface area contributed by atoms with Crippen LogP contribution in [0.25, 0.3) is 0 Å². The fourth-order valence-electron chi connectivity index (χ4n) is 4.16. The standard InChI is InChI=1S/C21H22F3N5O3S/c1-12-16(19(30)29-10-20(2,9-25)11-29)8-18(27-12)33(31,32)28-15-5-13(6-15)17-7-14(3-4-26-17)21(22,23)24/h3-4,7-8,13,15,27-28H,5-6,10-11H2,1-2H3. The van der Waals surface area contributed by atoms with Crippen LogP contribution in [0.3, 0.4) is 0 Å². The molecule has 2 aromatic heterocycles. The number of aryl methyl sites for hydroxylation is 1.